The fraction of sp³-hybridized carbons (Fsp3) is 0.417. The average Bonchev–Trinajstić information content (AvgIpc) is 2.37. The topological polar surface area (TPSA) is 107 Å². The van der Waals surface area contributed by atoms with Crippen LogP contribution in [0.25, 0.3) is 0 Å². The molecule has 0 aliphatic carbocycles. The number of benzene rings is 1. The Kier molecular flexibility index (Phi) is 4.82. The smallest absolute Gasteiger partial charge is 0.296 e. The number of nitro groups is 1. The summed E-state index contributed by atoms with van der Waals surface area (Å²) in [6.45, 7) is 3.60. The van der Waals surface area contributed by atoms with Crippen LogP contribution >= 0.6 is 0 Å². The van der Waals surface area contributed by atoms with Crippen molar-refractivity contribution in [2.45, 2.75) is 19.9 Å². The summed E-state index contributed by atoms with van der Waals surface area (Å²) in [5.41, 5.74) is 5.55. The molecule has 0 fully saturated rings. The number of methoxy groups -OCH3 is 1. The van der Waals surface area contributed by atoms with Crippen molar-refractivity contribution in [3.63, 3.8) is 0 Å². The third-order valence-electron chi connectivity index (χ3n) is 2.68. The molecule has 7 heteroatoms. The van der Waals surface area contributed by atoms with Crippen molar-refractivity contribution < 1.29 is 14.5 Å². The van der Waals surface area contributed by atoms with Crippen LogP contribution in [0.1, 0.15) is 13.8 Å². The molecular formula is C12H17N3O4. The number of nitrogens with two attached hydrogens (primary N) is 1. The second kappa shape index (κ2) is 6.14. The van der Waals surface area contributed by atoms with Gasteiger partial charge in [0.1, 0.15) is 11.4 Å². The molecule has 0 aromatic heterocycles. The van der Waals surface area contributed by atoms with Gasteiger partial charge < -0.3 is 15.8 Å². The number of amides is 1. The zero-order chi connectivity index (χ0) is 14.6. The van der Waals surface area contributed by atoms with Gasteiger partial charge >= 0.3 is 0 Å². The quantitative estimate of drug-likeness (QED) is 0.621. The molecule has 0 bridgehead atoms. The fourth-order valence-electron chi connectivity index (χ4n) is 1.41. The Morgan fingerprint density at radius 1 is 1.47 bits per heavy atom. The van der Waals surface area contributed by atoms with E-state index in [9.17, 15) is 14.9 Å². The average molecular weight is 267 g/mol. The highest BCUT2D eigenvalue weighted by Crippen LogP contribution is 2.29. The monoisotopic (exact) mass is 267 g/mol. The van der Waals surface area contributed by atoms with Crippen molar-refractivity contribution in [1.82, 2.24) is 0 Å². The molecule has 0 radical (unpaired) electrons. The van der Waals surface area contributed by atoms with E-state index >= 15 is 0 Å². The first kappa shape index (κ1) is 14.9. The van der Waals surface area contributed by atoms with Gasteiger partial charge in [0.25, 0.3) is 5.69 Å². The van der Waals surface area contributed by atoms with E-state index in [1.807, 2.05) is 0 Å². The molecule has 0 unspecified atom stereocenters. The molecule has 0 saturated carbocycles. The van der Waals surface area contributed by atoms with Crippen molar-refractivity contribution in [3.8, 4) is 5.75 Å². The summed E-state index contributed by atoms with van der Waals surface area (Å²) >= 11 is 0. The first-order valence-corrected chi connectivity index (χ1v) is 5.75. The van der Waals surface area contributed by atoms with E-state index in [0.29, 0.717) is 5.75 Å². The molecule has 3 N–H and O–H groups in total. The third kappa shape index (κ3) is 3.65. The highest BCUT2D eigenvalue weighted by Gasteiger charge is 2.22. The predicted octanol–water partition coefficient (Wildman–Crippen LogP) is 1.53. The maximum atomic E-state index is 11.8. The van der Waals surface area contributed by atoms with Gasteiger partial charge in [-0.25, -0.2) is 0 Å². The van der Waals surface area contributed by atoms with E-state index in [2.05, 4.69) is 5.32 Å². The Morgan fingerprint density at radius 2 is 2.11 bits per heavy atom. The van der Waals surface area contributed by atoms with E-state index in [-0.39, 0.29) is 17.3 Å². The third-order valence-corrected chi connectivity index (χ3v) is 2.68. The van der Waals surface area contributed by atoms with Crippen molar-refractivity contribution in [2.75, 3.05) is 12.4 Å². The summed E-state index contributed by atoms with van der Waals surface area (Å²) in [7, 11) is 1.41. The van der Waals surface area contributed by atoms with Gasteiger partial charge in [0.2, 0.25) is 5.91 Å². The van der Waals surface area contributed by atoms with Crippen molar-refractivity contribution >= 4 is 17.3 Å². The highest BCUT2D eigenvalue weighted by molar-refractivity contribution is 5.96. The minimum atomic E-state index is -0.721. The van der Waals surface area contributed by atoms with Crippen LogP contribution in [-0.4, -0.2) is 24.0 Å². The number of ether oxygens (including phenoxy) is 1. The first-order chi connectivity index (χ1) is 8.86. The zero-order valence-corrected chi connectivity index (χ0v) is 11.0. The molecule has 1 aromatic carbocycles. The Labute approximate surface area is 110 Å². The van der Waals surface area contributed by atoms with E-state index in [0.717, 1.165) is 0 Å². The minimum absolute atomic E-state index is 0.0581. The van der Waals surface area contributed by atoms with Gasteiger partial charge in [-0.05, 0) is 18.1 Å². The van der Waals surface area contributed by atoms with Crippen molar-refractivity contribution in [2.24, 2.45) is 11.7 Å². The summed E-state index contributed by atoms with van der Waals surface area (Å²) < 4.78 is 4.91. The molecule has 104 valence electrons. The van der Waals surface area contributed by atoms with Crippen LogP contribution in [0.15, 0.2) is 18.2 Å². The van der Waals surface area contributed by atoms with Gasteiger partial charge in [0, 0.05) is 0 Å². The predicted molar refractivity (Wildman–Crippen MR) is 71.1 cm³/mol. The number of nitro benzene ring substituents is 1. The maximum absolute atomic E-state index is 11.8. The fourth-order valence-corrected chi connectivity index (χ4v) is 1.41. The van der Waals surface area contributed by atoms with Gasteiger partial charge in [0.05, 0.1) is 24.1 Å². The second-order valence-corrected chi connectivity index (χ2v) is 4.40. The molecule has 0 heterocycles. The Balaban J connectivity index is 3.01. The van der Waals surface area contributed by atoms with Crippen molar-refractivity contribution in [1.29, 1.82) is 0 Å². The van der Waals surface area contributed by atoms with Gasteiger partial charge in [-0.15, -0.1) is 0 Å². The minimum Gasteiger partial charge on any atom is -0.496 e. The summed E-state index contributed by atoms with van der Waals surface area (Å²) in [5.74, 6) is -0.168. The van der Waals surface area contributed by atoms with Crippen LogP contribution < -0.4 is 15.8 Å². The summed E-state index contributed by atoms with van der Waals surface area (Å²) in [5, 5.41) is 13.4. The number of carbonyl (C=O) groups is 1. The number of hydrogen-bond donors (Lipinski definition) is 2. The summed E-state index contributed by atoms with van der Waals surface area (Å²) in [6.07, 6.45) is 0. The molecule has 1 aromatic rings. The lowest BCUT2D eigenvalue weighted by atomic mass is 10.0. The Bertz CT molecular complexity index is 488. The lowest BCUT2D eigenvalue weighted by Crippen LogP contribution is -2.39. The van der Waals surface area contributed by atoms with E-state index in [1.165, 1.54) is 25.3 Å². The van der Waals surface area contributed by atoms with Gasteiger partial charge in [-0.1, -0.05) is 13.8 Å². The Hall–Kier alpha value is -2.15. The number of carbonyl (C=O) groups excluding carboxylic acids is 1. The number of anilines is 1. The largest absolute Gasteiger partial charge is 0.496 e. The molecule has 0 aliphatic rings. The SMILES string of the molecule is COc1ccc(NC(=O)[C@@H](N)C(C)C)c([N+](=O)[O-])c1. The first-order valence-electron chi connectivity index (χ1n) is 5.75. The molecule has 0 spiro atoms. The molecule has 1 atom stereocenters. The molecule has 7 nitrogen and oxygen atoms in total. The number of rotatable bonds is 5. The highest BCUT2D eigenvalue weighted by atomic mass is 16.6. The van der Waals surface area contributed by atoms with E-state index in [1.54, 1.807) is 13.8 Å². The standard InChI is InChI=1S/C12H17N3O4/c1-7(2)11(13)12(16)14-9-5-4-8(19-3)6-10(9)15(17)18/h4-7,11H,13H2,1-3H3,(H,14,16)/t11-/m0/s1. The molecule has 0 saturated heterocycles. The van der Waals surface area contributed by atoms with Crippen LogP contribution in [0.4, 0.5) is 11.4 Å². The second-order valence-electron chi connectivity index (χ2n) is 4.40. The maximum Gasteiger partial charge on any atom is 0.296 e. The summed E-state index contributed by atoms with van der Waals surface area (Å²) in [6, 6.07) is 3.48. The van der Waals surface area contributed by atoms with Gasteiger partial charge in [-0.3, -0.25) is 14.9 Å². The lowest BCUT2D eigenvalue weighted by Gasteiger charge is -2.15. The summed E-state index contributed by atoms with van der Waals surface area (Å²) in [4.78, 5) is 22.2. The van der Waals surface area contributed by atoms with Gasteiger partial charge in [-0.2, -0.15) is 0 Å². The van der Waals surface area contributed by atoms with Crippen LogP contribution in [0.2, 0.25) is 0 Å². The van der Waals surface area contributed by atoms with Crippen LogP contribution in [0.3, 0.4) is 0 Å². The molecule has 0 aliphatic heterocycles. The number of nitrogens with one attached hydrogen (secondary N) is 1. The van der Waals surface area contributed by atoms with Crippen molar-refractivity contribution in [3.05, 3.63) is 28.3 Å². The number of nitrogens with zero attached hydrogens (tertiary/aromatic N) is 1. The molecule has 19 heavy (non-hydrogen) atoms. The normalized spacial score (nSPS) is 12.1. The molecule has 1 amide bonds. The van der Waals surface area contributed by atoms with Crippen LogP contribution in [0.5, 0.6) is 5.75 Å². The Morgan fingerprint density at radius 3 is 2.58 bits per heavy atom. The molecule has 1 rings (SSSR count). The van der Waals surface area contributed by atoms with E-state index in [4.69, 9.17) is 10.5 Å². The zero-order valence-electron chi connectivity index (χ0n) is 11.0. The van der Waals surface area contributed by atoms with Crippen LogP contribution in [0, 0.1) is 16.0 Å². The van der Waals surface area contributed by atoms with Crippen LogP contribution in [-0.2, 0) is 4.79 Å². The molecular weight excluding hydrogens is 250 g/mol. The van der Waals surface area contributed by atoms with Gasteiger partial charge in [0.15, 0.2) is 0 Å². The number of hydrogen-bond acceptors (Lipinski definition) is 5. The lowest BCUT2D eigenvalue weighted by molar-refractivity contribution is -0.384. The van der Waals surface area contributed by atoms with E-state index < -0.39 is 16.9 Å².